The molecule has 2 aromatic heterocycles. The van der Waals surface area contributed by atoms with Gasteiger partial charge >= 0.3 is 0 Å². The normalized spacial score (nSPS) is 12.1. The van der Waals surface area contributed by atoms with E-state index in [9.17, 15) is 4.79 Å². The molecule has 32 heavy (non-hydrogen) atoms. The minimum absolute atomic E-state index is 0. The molecule has 0 aliphatic carbocycles. The van der Waals surface area contributed by atoms with Crippen LogP contribution in [-0.2, 0) is 7.05 Å². The summed E-state index contributed by atoms with van der Waals surface area (Å²) >= 11 is 1.56. The molecule has 0 fully saturated rings. The van der Waals surface area contributed by atoms with Crippen molar-refractivity contribution >= 4 is 28.3 Å². The fraction of sp³-hybridized carbons (Fsp3) is 0.280. The minimum atomic E-state index is -0.266. The van der Waals surface area contributed by atoms with Gasteiger partial charge in [0.2, 0.25) is 0 Å². The summed E-state index contributed by atoms with van der Waals surface area (Å²) < 4.78 is 5.66. The highest BCUT2D eigenvalue weighted by Gasteiger charge is 2.22. The van der Waals surface area contributed by atoms with Crippen molar-refractivity contribution in [1.82, 2.24) is 13.9 Å². The first-order valence-electron chi connectivity index (χ1n) is 10.4. The van der Waals surface area contributed by atoms with Gasteiger partial charge in [-0.1, -0.05) is 48.0 Å². The first-order valence-corrected chi connectivity index (χ1v) is 11.2. The number of benzene rings is 2. The third-order valence-electron chi connectivity index (χ3n) is 5.23. The van der Waals surface area contributed by atoms with Crippen molar-refractivity contribution in [2.45, 2.75) is 40.2 Å². The van der Waals surface area contributed by atoms with Crippen LogP contribution in [0.15, 0.2) is 69.8 Å². The van der Waals surface area contributed by atoms with E-state index in [1.54, 1.807) is 16.0 Å². The van der Waals surface area contributed by atoms with Crippen LogP contribution < -0.4 is 10.4 Å². The van der Waals surface area contributed by atoms with Gasteiger partial charge in [0, 0.05) is 12.4 Å². The van der Waals surface area contributed by atoms with E-state index in [4.69, 9.17) is 4.99 Å². The molecular weight excluding hydrogens is 484 g/mol. The van der Waals surface area contributed by atoms with Gasteiger partial charge in [0.15, 0.2) is 4.80 Å². The Bertz CT molecular complexity index is 1350. The zero-order valence-corrected chi connectivity index (χ0v) is 21.8. The van der Waals surface area contributed by atoms with Crippen molar-refractivity contribution < 1.29 is 0 Å². The van der Waals surface area contributed by atoms with Gasteiger partial charge in [-0.15, -0.1) is 28.3 Å². The summed E-state index contributed by atoms with van der Waals surface area (Å²) in [5.74, 6) is 0. The molecule has 0 amide bonds. The average molecular weight is 514 g/mol. The van der Waals surface area contributed by atoms with Gasteiger partial charge in [-0.2, -0.15) is 0 Å². The van der Waals surface area contributed by atoms with E-state index in [2.05, 4.69) is 57.3 Å². The van der Waals surface area contributed by atoms with Crippen molar-refractivity contribution in [3.05, 3.63) is 86.4 Å². The molecule has 0 atom stereocenters. The number of thiazole rings is 1. The van der Waals surface area contributed by atoms with Gasteiger partial charge in [0.1, 0.15) is 5.69 Å². The zero-order chi connectivity index (χ0) is 22.3. The van der Waals surface area contributed by atoms with Crippen LogP contribution in [0.5, 0.6) is 0 Å². The molecule has 0 saturated carbocycles. The molecule has 0 radical (unpaired) electrons. The quantitative estimate of drug-likeness (QED) is 0.352. The Labute approximate surface area is 203 Å². The van der Waals surface area contributed by atoms with Gasteiger partial charge < -0.3 is 0 Å². The number of rotatable bonds is 3. The highest BCUT2D eigenvalue weighted by Crippen LogP contribution is 2.25. The number of hydrogen-bond donors (Lipinski definition) is 0. The highest BCUT2D eigenvalue weighted by atomic mass is 79.9. The summed E-state index contributed by atoms with van der Waals surface area (Å²) in [7, 11) is 1.92. The summed E-state index contributed by atoms with van der Waals surface area (Å²) in [6, 6.07) is 18.1. The number of para-hydroxylation sites is 1. The predicted octanol–water partition coefficient (Wildman–Crippen LogP) is 5.59. The van der Waals surface area contributed by atoms with Crippen molar-refractivity contribution in [2.24, 2.45) is 12.0 Å². The Balaban J connectivity index is 0.00000289. The SMILES string of the molecule is Br.Cc1ccc(-c2csc(=NC(C)(C)C)n2-c2c(C)n(C)n(-c3ccccc3)c2=O)cc1. The van der Waals surface area contributed by atoms with Crippen LogP contribution in [0.3, 0.4) is 0 Å². The number of aromatic nitrogens is 3. The van der Waals surface area contributed by atoms with Crippen LogP contribution in [-0.4, -0.2) is 19.5 Å². The Morgan fingerprint density at radius 3 is 2.16 bits per heavy atom. The van der Waals surface area contributed by atoms with E-state index in [1.807, 2.05) is 53.6 Å². The van der Waals surface area contributed by atoms with E-state index in [-0.39, 0.29) is 28.1 Å². The van der Waals surface area contributed by atoms with Gasteiger partial charge in [-0.25, -0.2) is 4.68 Å². The topological polar surface area (TPSA) is 44.2 Å². The largest absolute Gasteiger partial charge is 0.296 e. The summed E-state index contributed by atoms with van der Waals surface area (Å²) in [5.41, 5.74) is 5.26. The molecule has 7 heteroatoms. The van der Waals surface area contributed by atoms with Crippen LogP contribution in [0, 0.1) is 13.8 Å². The molecule has 0 spiro atoms. The Kier molecular flexibility index (Phi) is 6.81. The lowest BCUT2D eigenvalue weighted by molar-refractivity contribution is 0.562. The van der Waals surface area contributed by atoms with E-state index >= 15 is 0 Å². The monoisotopic (exact) mass is 512 g/mol. The lowest BCUT2D eigenvalue weighted by atomic mass is 10.1. The van der Waals surface area contributed by atoms with Crippen LogP contribution in [0.1, 0.15) is 32.0 Å². The number of aryl methyl sites for hydroxylation is 1. The molecule has 4 aromatic rings. The molecule has 0 unspecified atom stereocenters. The van der Waals surface area contributed by atoms with Gasteiger partial charge in [-0.3, -0.25) is 19.0 Å². The number of halogens is 1. The Hall–Kier alpha value is -2.64. The first kappa shape index (κ1) is 24.0. The molecule has 0 N–H and O–H groups in total. The number of hydrogen-bond acceptors (Lipinski definition) is 3. The number of nitrogens with zero attached hydrogens (tertiary/aromatic N) is 4. The molecule has 0 aliphatic heterocycles. The molecule has 5 nitrogen and oxygen atoms in total. The van der Waals surface area contributed by atoms with Crippen molar-refractivity contribution in [3.8, 4) is 22.6 Å². The third kappa shape index (κ3) is 4.45. The van der Waals surface area contributed by atoms with Gasteiger partial charge in [0.05, 0.1) is 22.6 Å². The van der Waals surface area contributed by atoms with E-state index in [0.29, 0.717) is 5.69 Å². The summed E-state index contributed by atoms with van der Waals surface area (Å²) in [6.07, 6.45) is 0. The summed E-state index contributed by atoms with van der Waals surface area (Å²) in [5, 5.41) is 2.09. The molecular formula is C25H29BrN4OS. The molecule has 0 saturated heterocycles. The third-order valence-corrected chi connectivity index (χ3v) is 6.06. The van der Waals surface area contributed by atoms with Crippen LogP contribution >= 0.6 is 28.3 Å². The van der Waals surface area contributed by atoms with Crippen molar-refractivity contribution in [1.29, 1.82) is 0 Å². The molecule has 4 rings (SSSR count). The highest BCUT2D eigenvalue weighted by molar-refractivity contribution is 8.93. The zero-order valence-electron chi connectivity index (χ0n) is 19.3. The smallest absolute Gasteiger partial charge is 0.283 e. The first-order chi connectivity index (χ1) is 14.7. The van der Waals surface area contributed by atoms with Crippen LogP contribution in [0.2, 0.25) is 0 Å². The van der Waals surface area contributed by atoms with Gasteiger partial charge in [0.25, 0.3) is 5.56 Å². The van der Waals surface area contributed by atoms with E-state index < -0.39 is 0 Å². The lowest BCUT2D eigenvalue weighted by Gasteiger charge is -2.13. The fourth-order valence-corrected chi connectivity index (χ4v) is 4.71. The maximum Gasteiger partial charge on any atom is 0.296 e. The second-order valence-electron chi connectivity index (χ2n) is 8.80. The maximum atomic E-state index is 13.7. The lowest BCUT2D eigenvalue weighted by Crippen LogP contribution is -2.27. The molecule has 2 heterocycles. The standard InChI is InChI=1S/C25H28N4OS.BrH/c1-17-12-14-19(15-13-17)21-16-31-24(26-25(3,4)5)28(21)22-18(2)27(6)29(23(22)30)20-10-8-7-9-11-20;/h7-16H,1-6H3;1H. The van der Waals surface area contributed by atoms with Gasteiger partial charge in [-0.05, 0) is 52.3 Å². The van der Waals surface area contributed by atoms with Crippen LogP contribution in [0.4, 0.5) is 0 Å². The Morgan fingerprint density at radius 1 is 0.938 bits per heavy atom. The summed E-state index contributed by atoms with van der Waals surface area (Å²) in [6.45, 7) is 10.3. The van der Waals surface area contributed by atoms with Crippen molar-refractivity contribution in [2.75, 3.05) is 0 Å². The maximum absolute atomic E-state index is 13.7. The molecule has 2 aromatic carbocycles. The molecule has 0 aliphatic rings. The van der Waals surface area contributed by atoms with Crippen LogP contribution in [0.25, 0.3) is 22.6 Å². The second kappa shape index (κ2) is 9.08. The van der Waals surface area contributed by atoms with E-state index in [1.165, 1.54) is 5.56 Å². The average Bonchev–Trinajstić information content (AvgIpc) is 3.20. The van der Waals surface area contributed by atoms with Crippen molar-refractivity contribution in [3.63, 3.8) is 0 Å². The minimum Gasteiger partial charge on any atom is -0.283 e. The Morgan fingerprint density at radius 2 is 1.56 bits per heavy atom. The second-order valence-corrected chi connectivity index (χ2v) is 9.63. The predicted molar refractivity (Wildman–Crippen MR) is 139 cm³/mol. The molecule has 168 valence electrons. The summed E-state index contributed by atoms with van der Waals surface area (Å²) in [4.78, 5) is 19.5. The molecule has 0 bridgehead atoms. The van der Waals surface area contributed by atoms with E-state index in [0.717, 1.165) is 27.4 Å². The fourth-order valence-electron chi connectivity index (χ4n) is 3.63.